The molecule has 1 aromatic heterocycles. The molecule has 2 aromatic rings. The first kappa shape index (κ1) is 21.0. The van der Waals surface area contributed by atoms with E-state index >= 15 is 0 Å². The van der Waals surface area contributed by atoms with Crippen LogP contribution in [0.1, 0.15) is 38.8 Å². The molecule has 29 heavy (non-hydrogen) atoms. The van der Waals surface area contributed by atoms with Crippen molar-refractivity contribution >= 4 is 23.4 Å². The highest BCUT2D eigenvalue weighted by Crippen LogP contribution is 2.45. The van der Waals surface area contributed by atoms with E-state index in [0.29, 0.717) is 30.1 Å². The van der Waals surface area contributed by atoms with Gasteiger partial charge in [0.25, 0.3) is 0 Å². The Morgan fingerprint density at radius 2 is 2.14 bits per heavy atom. The molecule has 1 aliphatic rings. The third kappa shape index (κ3) is 4.19. The molecule has 2 heterocycles. The summed E-state index contributed by atoms with van der Waals surface area (Å²) in [5, 5.41) is 9.96. The van der Waals surface area contributed by atoms with Gasteiger partial charge in [0.05, 0.1) is 23.6 Å². The molecule has 0 spiro atoms. The monoisotopic (exact) mass is 414 g/mol. The zero-order valence-corrected chi connectivity index (χ0v) is 17.9. The molecular formula is C21H23ClN4O3. The van der Waals surface area contributed by atoms with Crippen molar-refractivity contribution in [2.24, 2.45) is 0 Å². The highest BCUT2D eigenvalue weighted by atomic mass is 35.5. The number of nitrogens with zero attached hydrogens (tertiary/aromatic N) is 4. The number of hydrogen-bond acceptors (Lipinski definition) is 6. The smallest absolute Gasteiger partial charge is 0.414 e. The van der Waals surface area contributed by atoms with Gasteiger partial charge in [0.15, 0.2) is 0 Å². The second kappa shape index (κ2) is 7.62. The van der Waals surface area contributed by atoms with Crippen LogP contribution in [0.25, 0.3) is 11.3 Å². The summed E-state index contributed by atoms with van der Waals surface area (Å²) in [4.78, 5) is 22.6. The van der Waals surface area contributed by atoms with Gasteiger partial charge >= 0.3 is 6.09 Å². The maximum Gasteiger partial charge on any atom is 0.414 e. The van der Waals surface area contributed by atoms with Gasteiger partial charge in [-0.25, -0.2) is 14.8 Å². The van der Waals surface area contributed by atoms with Crippen molar-refractivity contribution in [3.63, 3.8) is 0 Å². The highest BCUT2D eigenvalue weighted by Gasteiger charge is 2.44. The molecule has 1 amide bonds. The molecule has 3 rings (SSSR count). The van der Waals surface area contributed by atoms with E-state index in [1.54, 1.807) is 25.4 Å². The fourth-order valence-electron chi connectivity index (χ4n) is 3.54. The zero-order chi connectivity index (χ0) is 21.4. The third-order valence-electron chi connectivity index (χ3n) is 4.66. The van der Waals surface area contributed by atoms with Gasteiger partial charge in [0, 0.05) is 30.8 Å². The van der Waals surface area contributed by atoms with Crippen LogP contribution in [-0.4, -0.2) is 41.9 Å². The molecule has 0 bridgehead atoms. The van der Waals surface area contributed by atoms with E-state index in [4.69, 9.17) is 21.1 Å². The Kier molecular flexibility index (Phi) is 5.52. The van der Waals surface area contributed by atoms with Gasteiger partial charge in [-0.2, -0.15) is 5.26 Å². The number of carbonyl (C=O) groups excluding carboxylic acids is 1. The van der Waals surface area contributed by atoms with Crippen molar-refractivity contribution in [1.29, 1.82) is 5.26 Å². The standard InChI is InChI=1S/C21H23ClN4O3/c1-20(2,3)29-19(27)26-11-21(4,12-28-5)15-9-13(8-14(10-23)17(15)26)16-6-7-24-18(22)25-16/h6-9H,11-12H2,1-5H3/t21-/m0/s1. The van der Waals surface area contributed by atoms with E-state index in [0.717, 1.165) is 11.1 Å². The predicted molar refractivity (Wildman–Crippen MR) is 110 cm³/mol. The molecule has 8 heteroatoms. The predicted octanol–water partition coefficient (Wildman–Crippen LogP) is 4.33. The lowest BCUT2D eigenvalue weighted by molar-refractivity contribution is 0.0571. The molecular weight excluding hydrogens is 392 g/mol. The lowest BCUT2D eigenvalue weighted by Gasteiger charge is -2.27. The molecule has 152 valence electrons. The Bertz CT molecular complexity index is 996. The number of benzene rings is 1. The van der Waals surface area contributed by atoms with Gasteiger partial charge in [-0.05, 0) is 56.1 Å². The van der Waals surface area contributed by atoms with Crippen LogP contribution in [0.3, 0.4) is 0 Å². The van der Waals surface area contributed by atoms with Gasteiger partial charge < -0.3 is 9.47 Å². The maximum atomic E-state index is 12.9. The van der Waals surface area contributed by atoms with Gasteiger partial charge in [-0.1, -0.05) is 6.92 Å². The van der Waals surface area contributed by atoms with Gasteiger partial charge in [-0.3, -0.25) is 4.90 Å². The summed E-state index contributed by atoms with van der Waals surface area (Å²) in [7, 11) is 1.61. The van der Waals surface area contributed by atoms with E-state index < -0.39 is 17.1 Å². The number of anilines is 1. The molecule has 0 unspecified atom stereocenters. The number of nitriles is 1. The maximum absolute atomic E-state index is 12.9. The molecule has 0 saturated heterocycles. The quantitative estimate of drug-likeness (QED) is 0.694. The summed E-state index contributed by atoms with van der Waals surface area (Å²) < 4.78 is 11.0. The molecule has 0 saturated carbocycles. The van der Waals surface area contributed by atoms with Crippen molar-refractivity contribution < 1.29 is 14.3 Å². The summed E-state index contributed by atoms with van der Waals surface area (Å²) in [5.41, 5.74) is 1.89. The Morgan fingerprint density at radius 3 is 2.72 bits per heavy atom. The molecule has 0 fully saturated rings. The fourth-order valence-corrected chi connectivity index (χ4v) is 3.69. The largest absolute Gasteiger partial charge is 0.443 e. The SMILES string of the molecule is COC[C@]1(C)CN(C(=O)OC(C)(C)C)c2c(C#N)cc(-c3ccnc(Cl)n3)cc21. The van der Waals surface area contributed by atoms with Crippen LogP contribution in [-0.2, 0) is 14.9 Å². The molecule has 7 nitrogen and oxygen atoms in total. The van der Waals surface area contributed by atoms with Crippen LogP contribution in [0.5, 0.6) is 0 Å². The van der Waals surface area contributed by atoms with Crippen LogP contribution in [0, 0.1) is 11.3 Å². The average molecular weight is 415 g/mol. The van der Waals surface area contributed by atoms with Crippen LogP contribution >= 0.6 is 11.6 Å². The first-order chi connectivity index (χ1) is 13.6. The normalized spacial score (nSPS) is 18.3. The van der Waals surface area contributed by atoms with Crippen molar-refractivity contribution in [3.8, 4) is 17.3 Å². The summed E-state index contributed by atoms with van der Waals surface area (Å²) >= 11 is 5.94. The zero-order valence-electron chi connectivity index (χ0n) is 17.1. The van der Waals surface area contributed by atoms with Crippen molar-refractivity contribution in [2.45, 2.75) is 38.7 Å². The Hall–Kier alpha value is -2.69. The second-order valence-electron chi connectivity index (χ2n) is 8.30. The molecule has 0 aliphatic carbocycles. The second-order valence-corrected chi connectivity index (χ2v) is 8.64. The summed E-state index contributed by atoms with van der Waals surface area (Å²) in [6.07, 6.45) is 1.07. The first-order valence-electron chi connectivity index (χ1n) is 9.15. The third-order valence-corrected chi connectivity index (χ3v) is 4.84. The molecule has 1 aromatic carbocycles. The van der Waals surface area contributed by atoms with E-state index in [-0.39, 0.29) is 5.28 Å². The lowest BCUT2D eigenvalue weighted by Crippen LogP contribution is -2.40. The van der Waals surface area contributed by atoms with Crippen LogP contribution in [0.2, 0.25) is 5.28 Å². The van der Waals surface area contributed by atoms with E-state index in [9.17, 15) is 10.1 Å². The Labute approximate surface area is 175 Å². The van der Waals surface area contributed by atoms with Gasteiger partial charge in [-0.15, -0.1) is 0 Å². The topological polar surface area (TPSA) is 88.3 Å². The molecule has 1 atom stereocenters. The van der Waals surface area contributed by atoms with E-state index in [1.807, 2.05) is 33.8 Å². The number of carbonyl (C=O) groups is 1. The van der Waals surface area contributed by atoms with Crippen LogP contribution < -0.4 is 4.90 Å². The van der Waals surface area contributed by atoms with E-state index in [1.165, 1.54) is 4.90 Å². The van der Waals surface area contributed by atoms with Gasteiger partial charge in [0.2, 0.25) is 5.28 Å². The minimum absolute atomic E-state index is 0.122. The van der Waals surface area contributed by atoms with Crippen molar-refractivity contribution in [2.75, 3.05) is 25.2 Å². The summed E-state index contributed by atoms with van der Waals surface area (Å²) in [5.74, 6) is 0. The summed E-state index contributed by atoms with van der Waals surface area (Å²) in [6.45, 7) is 8.14. The fraction of sp³-hybridized carbons (Fsp3) is 0.429. The number of ether oxygens (including phenoxy) is 2. The number of rotatable bonds is 3. The Balaban J connectivity index is 2.18. The van der Waals surface area contributed by atoms with Gasteiger partial charge in [0.1, 0.15) is 11.7 Å². The highest BCUT2D eigenvalue weighted by molar-refractivity contribution is 6.28. The van der Waals surface area contributed by atoms with Crippen LogP contribution in [0.4, 0.5) is 10.5 Å². The lowest BCUT2D eigenvalue weighted by atomic mass is 9.83. The number of hydrogen-bond donors (Lipinski definition) is 0. The minimum Gasteiger partial charge on any atom is -0.443 e. The van der Waals surface area contributed by atoms with Crippen LogP contribution in [0.15, 0.2) is 24.4 Å². The van der Waals surface area contributed by atoms with Crippen molar-refractivity contribution in [1.82, 2.24) is 9.97 Å². The number of methoxy groups -OCH3 is 1. The number of fused-ring (bicyclic) bond motifs is 1. The molecule has 0 radical (unpaired) electrons. The molecule has 0 N–H and O–H groups in total. The number of aromatic nitrogens is 2. The number of amides is 1. The number of halogens is 1. The average Bonchev–Trinajstić information content (AvgIpc) is 2.93. The van der Waals surface area contributed by atoms with Crippen molar-refractivity contribution in [3.05, 3.63) is 40.8 Å². The first-order valence-corrected chi connectivity index (χ1v) is 9.53. The molecule has 1 aliphatic heterocycles. The summed E-state index contributed by atoms with van der Waals surface area (Å²) in [6, 6.07) is 7.57. The minimum atomic E-state index is -0.651. The van der Waals surface area contributed by atoms with E-state index in [2.05, 4.69) is 16.0 Å². The Morgan fingerprint density at radius 1 is 1.41 bits per heavy atom.